The van der Waals surface area contributed by atoms with Gasteiger partial charge in [-0.1, -0.05) is 40.7 Å². The summed E-state index contributed by atoms with van der Waals surface area (Å²) in [6, 6.07) is 2.57. The van der Waals surface area contributed by atoms with Crippen LogP contribution in [0.15, 0.2) is 18.2 Å². The van der Waals surface area contributed by atoms with Crippen LogP contribution in [0.25, 0.3) is 0 Å². The third-order valence-corrected chi connectivity index (χ3v) is 6.62. The Bertz CT molecular complexity index is 1090. The van der Waals surface area contributed by atoms with E-state index in [1.54, 1.807) is 30.9 Å². The van der Waals surface area contributed by atoms with Crippen LogP contribution in [0.1, 0.15) is 63.4 Å². The van der Waals surface area contributed by atoms with E-state index in [4.69, 9.17) is 16.2 Å². The van der Waals surface area contributed by atoms with Gasteiger partial charge in [0.2, 0.25) is 11.8 Å². The zero-order valence-electron chi connectivity index (χ0n) is 24.6. The normalized spacial score (nSPS) is 14.7. The number of carbonyl (C=O) groups is 5. The summed E-state index contributed by atoms with van der Waals surface area (Å²) in [5, 5.41) is 11.2. The second kappa shape index (κ2) is 15.9. The number of benzene rings is 1. The SMILES string of the molecule is CCN[C@H](C(=O)N[C@@H](CCCNC(N)=O)C(=O)Nc1ccc(COC(=O)C(C)C)c(C(=O)N2CC(N)C2)c1)C(C)C. The molecule has 1 saturated heterocycles. The van der Waals surface area contributed by atoms with Crippen LogP contribution in [0.4, 0.5) is 10.5 Å². The minimum atomic E-state index is -0.920. The molecule has 1 aliphatic heterocycles. The quantitative estimate of drug-likeness (QED) is 0.130. The molecule has 1 heterocycles. The number of hydrogen-bond donors (Lipinski definition) is 6. The minimum absolute atomic E-state index is 0.0178. The van der Waals surface area contributed by atoms with Gasteiger partial charge in [-0.15, -0.1) is 0 Å². The molecule has 1 fully saturated rings. The molecule has 0 saturated carbocycles. The van der Waals surface area contributed by atoms with E-state index in [0.717, 1.165) is 0 Å². The highest BCUT2D eigenvalue weighted by Gasteiger charge is 2.31. The molecule has 228 valence electrons. The van der Waals surface area contributed by atoms with Crippen LogP contribution in [-0.4, -0.2) is 78.9 Å². The fraction of sp³-hybridized carbons (Fsp3) is 0.607. The van der Waals surface area contributed by atoms with Gasteiger partial charge in [-0.3, -0.25) is 19.2 Å². The van der Waals surface area contributed by atoms with Crippen LogP contribution >= 0.6 is 0 Å². The van der Waals surface area contributed by atoms with Crippen molar-refractivity contribution in [3.8, 4) is 0 Å². The van der Waals surface area contributed by atoms with Crippen molar-refractivity contribution < 1.29 is 28.7 Å². The summed E-state index contributed by atoms with van der Waals surface area (Å²) < 4.78 is 5.36. The molecule has 8 N–H and O–H groups in total. The zero-order chi connectivity index (χ0) is 30.7. The van der Waals surface area contributed by atoms with Crippen molar-refractivity contribution in [3.63, 3.8) is 0 Å². The van der Waals surface area contributed by atoms with E-state index in [2.05, 4.69) is 21.3 Å². The van der Waals surface area contributed by atoms with Gasteiger partial charge in [-0.05, 0) is 37.4 Å². The van der Waals surface area contributed by atoms with Gasteiger partial charge in [0.1, 0.15) is 12.6 Å². The summed E-state index contributed by atoms with van der Waals surface area (Å²) >= 11 is 0. The number of likely N-dealkylation sites (tertiary alicyclic amines) is 1. The molecule has 0 unspecified atom stereocenters. The van der Waals surface area contributed by atoms with E-state index in [9.17, 15) is 24.0 Å². The molecule has 2 atom stereocenters. The number of esters is 1. The average molecular weight is 576 g/mol. The molecule has 0 radical (unpaired) electrons. The molecule has 2 rings (SSSR count). The maximum absolute atomic E-state index is 13.4. The van der Waals surface area contributed by atoms with Crippen LogP contribution in [0.3, 0.4) is 0 Å². The summed E-state index contributed by atoms with van der Waals surface area (Å²) in [5.41, 5.74) is 12.1. The number of hydrogen-bond acceptors (Lipinski definition) is 8. The van der Waals surface area contributed by atoms with Crippen molar-refractivity contribution in [2.75, 3.05) is 31.5 Å². The van der Waals surface area contributed by atoms with Crippen LogP contribution in [0.5, 0.6) is 0 Å². The molecule has 0 bridgehead atoms. The molecule has 0 aliphatic carbocycles. The monoisotopic (exact) mass is 575 g/mol. The van der Waals surface area contributed by atoms with Crippen LogP contribution in [0.2, 0.25) is 0 Å². The van der Waals surface area contributed by atoms with Crippen molar-refractivity contribution in [1.29, 1.82) is 0 Å². The lowest BCUT2D eigenvalue weighted by atomic mass is 10.0. The second-order valence-corrected chi connectivity index (χ2v) is 10.9. The Labute approximate surface area is 241 Å². The van der Waals surface area contributed by atoms with Crippen molar-refractivity contribution in [2.24, 2.45) is 23.3 Å². The van der Waals surface area contributed by atoms with Gasteiger partial charge in [-0.25, -0.2) is 4.79 Å². The van der Waals surface area contributed by atoms with Gasteiger partial charge in [0.05, 0.1) is 12.0 Å². The molecule has 1 aliphatic rings. The average Bonchev–Trinajstić information content (AvgIpc) is 2.89. The molecule has 5 amide bonds. The molecule has 1 aromatic carbocycles. The Morgan fingerprint density at radius 1 is 1.07 bits per heavy atom. The number of anilines is 1. The molecule has 41 heavy (non-hydrogen) atoms. The first-order valence-electron chi connectivity index (χ1n) is 14.1. The third kappa shape index (κ3) is 10.3. The first-order chi connectivity index (χ1) is 19.3. The Hall–Kier alpha value is -3.71. The minimum Gasteiger partial charge on any atom is -0.461 e. The summed E-state index contributed by atoms with van der Waals surface area (Å²) in [6.07, 6.45) is 0.615. The molecule has 0 spiro atoms. The Morgan fingerprint density at radius 2 is 1.76 bits per heavy atom. The number of likely N-dealkylation sites (N-methyl/N-ethyl adjacent to an activating group) is 1. The van der Waals surface area contributed by atoms with E-state index in [1.807, 2.05) is 20.8 Å². The highest BCUT2D eigenvalue weighted by atomic mass is 16.5. The predicted octanol–water partition coefficient (Wildman–Crippen LogP) is 0.675. The van der Waals surface area contributed by atoms with E-state index in [-0.39, 0.29) is 54.8 Å². The second-order valence-electron chi connectivity index (χ2n) is 10.9. The maximum atomic E-state index is 13.4. The number of nitrogens with zero attached hydrogens (tertiary/aromatic N) is 1. The summed E-state index contributed by atoms with van der Waals surface area (Å²) in [7, 11) is 0. The number of amides is 5. The summed E-state index contributed by atoms with van der Waals surface area (Å²) in [6.45, 7) is 10.6. The molecule has 0 aromatic heterocycles. The lowest BCUT2D eigenvalue weighted by Gasteiger charge is -2.37. The maximum Gasteiger partial charge on any atom is 0.312 e. The molecular formula is C28H45N7O6. The van der Waals surface area contributed by atoms with Gasteiger partial charge < -0.3 is 42.4 Å². The number of ether oxygens (including phenoxy) is 1. The Kier molecular flexibility index (Phi) is 13.0. The number of urea groups is 1. The zero-order valence-corrected chi connectivity index (χ0v) is 24.6. The number of nitrogens with two attached hydrogens (primary N) is 2. The number of rotatable bonds is 15. The van der Waals surface area contributed by atoms with E-state index < -0.39 is 30.0 Å². The van der Waals surface area contributed by atoms with Crippen molar-refractivity contribution in [3.05, 3.63) is 29.3 Å². The van der Waals surface area contributed by atoms with E-state index in [0.29, 0.717) is 37.3 Å². The van der Waals surface area contributed by atoms with Crippen LogP contribution < -0.4 is 32.7 Å². The molecule has 1 aromatic rings. The summed E-state index contributed by atoms with van der Waals surface area (Å²) in [5.74, 6) is -1.83. The largest absolute Gasteiger partial charge is 0.461 e. The highest BCUT2D eigenvalue weighted by molar-refractivity contribution is 6.01. The number of nitrogens with one attached hydrogen (secondary N) is 4. The van der Waals surface area contributed by atoms with Crippen LogP contribution in [-0.2, 0) is 25.7 Å². The number of carbonyl (C=O) groups excluding carboxylic acids is 5. The topological polar surface area (TPSA) is 198 Å². The fourth-order valence-electron chi connectivity index (χ4n) is 4.27. The van der Waals surface area contributed by atoms with E-state index in [1.165, 1.54) is 6.07 Å². The third-order valence-electron chi connectivity index (χ3n) is 6.62. The standard InChI is InChI=1S/C28H45N7O6/c1-6-31-23(16(2)3)25(37)34-22(8-7-11-32-28(30)40)24(36)33-20-10-9-18(15-41-27(39)17(4)5)21(12-20)26(38)35-13-19(29)14-35/h9-10,12,16-17,19,22-23,31H,6-8,11,13-15,29H2,1-5H3,(H,33,36)(H,34,37)(H3,30,32,40)/t22-,23-/m0/s1. The van der Waals surface area contributed by atoms with Crippen molar-refractivity contribution in [1.82, 2.24) is 20.9 Å². The highest BCUT2D eigenvalue weighted by Crippen LogP contribution is 2.22. The van der Waals surface area contributed by atoms with Gasteiger partial charge in [0.15, 0.2) is 0 Å². The molecular weight excluding hydrogens is 530 g/mol. The number of primary amides is 1. The van der Waals surface area contributed by atoms with Gasteiger partial charge in [0.25, 0.3) is 5.91 Å². The summed E-state index contributed by atoms with van der Waals surface area (Å²) in [4.78, 5) is 64.3. The molecule has 13 heteroatoms. The van der Waals surface area contributed by atoms with Crippen LogP contribution in [0, 0.1) is 11.8 Å². The first-order valence-corrected chi connectivity index (χ1v) is 14.1. The first kappa shape index (κ1) is 33.5. The van der Waals surface area contributed by atoms with Gasteiger partial charge >= 0.3 is 12.0 Å². The fourth-order valence-corrected chi connectivity index (χ4v) is 4.27. The van der Waals surface area contributed by atoms with Gasteiger partial charge in [0, 0.05) is 42.5 Å². The lowest BCUT2D eigenvalue weighted by molar-refractivity contribution is -0.148. The van der Waals surface area contributed by atoms with Crippen molar-refractivity contribution >= 4 is 35.4 Å². The Morgan fingerprint density at radius 3 is 2.32 bits per heavy atom. The van der Waals surface area contributed by atoms with Gasteiger partial charge in [-0.2, -0.15) is 0 Å². The van der Waals surface area contributed by atoms with Crippen molar-refractivity contribution in [2.45, 2.75) is 72.2 Å². The smallest absolute Gasteiger partial charge is 0.312 e. The Balaban J connectivity index is 2.26. The predicted molar refractivity (Wildman–Crippen MR) is 155 cm³/mol. The lowest BCUT2D eigenvalue weighted by Crippen LogP contribution is -2.57. The molecule has 13 nitrogen and oxygen atoms in total. The van der Waals surface area contributed by atoms with E-state index >= 15 is 0 Å².